The van der Waals surface area contributed by atoms with Crippen LogP contribution < -0.4 is 10.5 Å². The second-order valence-corrected chi connectivity index (χ2v) is 4.51. The zero-order valence-corrected chi connectivity index (χ0v) is 9.70. The molecule has 0 atom stereocenters. The highest BCUT2D eigenvalue weighted by atomic mass is 16.5. The number of hydrogen-bond acceptors (Lipinski definition) is 3. The molecule has 3 heteroatoms. The lowest BCUT2D eigenvalue weighted by atomic mass is 9.79. The predicted octanol–water partition coefficient (Wildman–Crippen LogP) is 2.43. The van der Waals surface area contributed by atoms with E-state index in [9.17, 15) is 5.11 Å². The first-order valence-electron chi connectivity index (χ1n) is 5.83. The normalized spacial score (nSPS) is 19.4. The van der Waals surface area contributed by atoms with Gasteiger partial charge in [0.05, 0.1) is 18.4 Å². The molecule has 0 aliphatic heterocycles. The van der Waals surface area contributed by atoms with E-state index in [1.165, 1.54) is 6.42 Å². The Balaban J connectivity index is 2.38. The Morgan fingerprint density at radius 1 is 1.25 bits per heavy atom. The molecule has 0 saturated heterocycles. The minimum atomic E-state index is -0.753. The monoisotopic (exact) mass is 221 g/mol. The first kappa shape index (κ1) is 11.3. The molecule has 0 unspecified atom stereocenters. The summed E-state index contributed by atoms with van der Waals surface area (Å²) in [5.41, 5.74) is 6.68. The first-order valence-corrected chi connectivity index (χ1v) is 5.83. The number of hydrogen-bond donors (Lipinski definition) is 2. The zero-order chi connectivity index (χ0) is 11.6. The Labute approximate surface area is 96.2 Å². The maximum atomic E-state index is 10.6. The summed E-state index contributed by atoms with van der Waals surface area (Å²) >= 11 is 0. The van der Waals surface area contributed by atoms with Crippen molar-refractivity contribution in [2.75, 3.05) is 12.8 Å². The molecule has 1 aromatic rings. The lowest BCUT2D eigenvalue weighted by molar-refractivity contribution is -0.0000498. The van der Waals surface area contributed by atoms with Crippen LogP contribution in [0.2, 0.25) is 0 Å². The average Bonchev–Trinajstić information content (AvgIpc) is 2.30. The number of ether oxygens (including phenoxy) is 1. The number of rotatable bonds is 2. The number of para-hydroxylation sites is 1. The van der Waals surface area contributed by atoms with Gasteiger partial charge in [-0.3, -0.25) is 0 Å². The Morgan fingerprint density at radius 2 is 1.94 bits per heavy atom. The van der Waals surface area contributed by atoms with Gasteiger partial charge >= 0.3 is 0 Å². The van der Waals surface area contributed by atoms with E-state index in [1.807, 2.05) is 18.2 Å². The van der Waals surface area contributed by atoms with Crippen molar-refractivity contribution in [2.45, 2.75) is 37.7 Å². The smallest absolute Gasteiger partial charge is 0.142 e. The summed E-state index contributed by atoms with van der Waals surface area (Å²) in [5, 5.41) is 10.6. The van der Waals surface area contributed by atoms with Crippen molar-refractivity contribution in [1.29, 1.82) is 0 Å². The highest BCUT2D eigenvalue weighted by Crippen LogP contribution is 2.41. The van der Waals surface area contributed by atoms with Crippen molar-refractivity contribution in [3.63, 3.8) is 0 Å². The summed E-state index contributed by atoms with van der Waals surface area (Å²) in [7, 11) is 1.60. The average molecular weight is 221 g/mol. The van der Waals surface area contributed by atoms with Crippen LogP contribution in [0.25, 0.3) is 0 Å². The van der Waals surface area contributed by atoms with Gasteiger partial charge in [-0.1, -0.05) is 31.4 Å². The van der Waals surface area contributed by atoms with E-state index in [-0.39, 0.29) is 0 Å². The molecule has 2 rings (SSSR count). The van der Waals surface area contributed by atoms with Crippen molar-refractivity contribution in [3.8, 4) is 5.75 Å². The Kier molecular flexibility index (Phi) is 3.06. The third-order valence-electron chi connectivity index (χ3n) is 3.47. The van der Waals surface area contributed by atoms with Crippen molar-refractivity contribution < 1.29 is 9.84 Å². The van der Waals surface area contributed by atoms with Gasteiger partial charge in [-0.2, -0.15) is 0 Å². The number of anilines is 1. The standard InChI is InChI=1S/C13H19NO2/c1-16-11-7-5-6-10(12(11)14)13(15)8-3-2-4-9-13/h5-7,15H,2-4,8-9,14H2,1H3. The van der Waals surface area contributed by atoms with Gasteiger partial charge in [0.25, 0.3) is 0 Å². The topological polar surface area (TPSA) is 55.5 Å². The van der Waals surface area contributed by atoms with Crippen LogP contribution in [0, 0.1) is 0 Å². The second-order valence-electron chi connectivity index (χ2n) is 4.51. The molecular formula is C13H19NO2. The quantitative estimate of drug-likeness (QED) is 0.754. The fourth-order valence-corrected chi connectivity index (χ4v) is 2.53. The third kappa shape index (κ3) is 1.87. The zero-order valence-electron chi connectivity index (χ0n) is 9.70. The Morgan fingerprint density at radius 3 is 2.56 bits per heavy atom. The maximum Gasteiger partial charge on any atom is 0.142 e. The van der Waals surface area contributed by atoms with Gasteiger partial charge in [0, 0.05) is 5.56 Å². The van der Waals surface area contributed by atoms with E-state index in [4.69, 9.17) is 10.5 Å². The molecule has 0 spiro atoms. The highest BCUT2D eigenvalue weighted by Gasteiger charge is 2.33. The molecule has 0 amide bonds. The van der Waals surface area contributed by atoms with Crippen LogP contribution in [0.4, 0.5) is 5.69 Å². The van der Waals surface area contributed by atoms with Crippen LogP contribution in [-0.4, -0.2) is 12.2 Å². The number of nitrogen functional groups attached to an aromatic ring is 1. The molecule has 1 fully saturated rings. The fourth-order valence-electron chi connectivity index (χ4n) is 2.53. The van der Waals surface area contributed by atoms with Crippen LogP contribution in [0.1, 0.15) is 37.7 Å². The van der Waals surface area contributed by atoms with Crippen LogP contribution in [0.3, 0.4) is 0 Å². The molecule has 0 heterocycles. The van der Waals surface area contributed by atoms with E-state index < -0.39 is 5.60 Å². The van der Waals surface area contributed by atoms with Gasteiger partial charge in [0.2, 0.25) is 0 Å². The van der Waals surface area contributed by atoms with E-state index in [0.29, 0.717) is 11.4 Å². The summed E-state index contributed by atoms with van der Waals surface area (Å²) in [6.07, 6.45) is 4.92. The molecule has 1 saturated carbocycles. The molecule has 1 aliphatic carbocycles. The highest BCUT2D eigenvalue weighted by molar-refractivity contribution is 5.60. The van der Waals surface area contributed by atoms with E-state index in [0.717, 1.165) is 31.2 Å². The van der Waals surface area contributed by atoms with Crippen LogP contribution in [0.5, 0.6) is 5.75 Å². The minimum absolute atomic E-state index is 0.578. The van der Waals surface area contributed by atoms with Crippen molar-refractivity contribution >= 4 is 5.69 Å². The summed E-state index contributed by atoms with van der Waals surface area (Å²) in [6.45, 7) is 0. The van der Waals surface area contributed by atoms with Crippen LogP contribution in [-0.2, 0) is 5.60 Å². The number of nitrogens with two attached hydrogens (primary N) is 1. The summed E-state index contributed by atoms with van der Waals surface area (Å²) < 4.78 is 5.19. The maximum absolute atomic E-state index is 10.6. The Bertz CT molecular complexity index is 370. The van der Waals surface area contributed by atoms with Crippen molar-refractivity contribution in [1.82, 2.24) is 0 Å². The number of methoxy groups -OCH3 is 1. The van der Waals surface area contributed by atoms with Gasteiger partial charge in [-0.15, -0.1) is 0 Å². The molecule has 0 aromatic heterocycles. The number of aliphatic hydroxyl groups is 1. The van der Waals surface area contributed by atoms with Gasteiger partial charge in [-0.25, -0.2) is 0 Å². The fraction of sp³-hybridized carbons (Fsp3) is 0.538. The van der Waals surface area contributed by atoms with Crippen LogP contribution in [0.15, 0.2) is 18.2 Å². The molecule has 3 N–H and O–H groups in total. The Hall–Kier alpha value is -1.22. The van der Waals surface area contributed by atoms with Crippen molar-refractivity contribution in [3.05, 3.63) is 23.8 Å². The van der Waals surface area contributed by atoms with Gasteiger partial charge in [0.15, 0.2) is 0 Å². The predicted molar refractivity (Wildman–Crippen MR) is 64.4 cm³/mol. The van der Waals surface area contributed by atoms with E-state index in [2.05, 4.69) is 0 Å². The SMILES string of the molecule is COc1cccc(C2(O)CCCCC2)c1N. The lowest BCUT2D eigenvalue weighted by Gasteiger charge is -2.33. The van der Waals surface area contributed by atoms with Gasteiger partial charge in [0.1, 0.15) is 5.75 Å². The molecule has 3 nitrogen and oxygen atoms in total. The molecule has 0 bridgehead atoms. The number of benzene rings is 1. The van der Waals surface area contributed by atoms with Gasteiger partial charge < -0.3 is 15.6 Å². The molecular weight excluding hydrogens is 202 g/mol. The van der Waals surface area contributed by atoms with Crippen LogP contribution >= 0.6 is 0 Å². The first-order chi connectivity index (χ1) is 7.67. The third-order valence-corrected chi connectivity index (χ3v) is 3.47. The summed E-state index contributed by atoms with van der Waals surface area (Å²) in [6, 6.07) is 5.62. The lowest BCUT2D eigenvalue weighted by Crippen LogP contribution is -2.29. The molecule has 1 aliphatic rings. The largest absolute Gasteiger partial charge is 0.495 e. The molecule has 0 radical (unpaired) electrons. The summed E-state index contributed by atoms with van der Waals surface area (Å²) in [4.78, 5) is 0. The minimum Gasteiger partial charge on any atom is -0.495 e. The van der Waals surface area contributed by atoms with E-state index in [1.54, 1.807) is 7.11 Å². The molecule has 16 heavy (non-hydrogen) atoms. The second kappa shape index (κ2) is 4.34. The van der Waals surface area contributed by atoms with Crippen molar-refractivity contribution in [2.24, 2.45) is 0 Å². The molecule has 88 valence electrons. The summed E-state index contributed by atoms with van der Waals surface area (Å²) in [5.74, 6) is 0.650. The molecule has 1 aromatic carbocycles. The van der Waals surface area contributed by atoms with E-state index >= 15 is 0 Å². The van der Waals surface area contributed by atoms with Gasteiger partial charge in [-0.05, 0) is 18.9 Å².